The van der Waals surface area contributed by atoms with Crippen molar-refractivity contribution in [3.8, 4) is 5.75 Å². The average molecular weight is 347 g/mol. The lowest BCUT2D eigenvalue weighted by Crippen LogP contribution is -2.27. The van der Waals surface area contributed by atoms with Gasteiger partial charge in [-0.05, 0) is 43.2 Å². The van der Waals surface area contributed by atoms with Crippen LogP contribution in [0, 0.1) is 19.7 Å². The average Bonchev–Trinajstić information content (AvgIpc) is 2.55. The molecule has 0 N–H and O–H groups in total. The first-order valence-corrected chi connectivity index (χ1v) is 8.65. The fourth-order valence-electron chi connectivity index (χ4n) is 2.28. The molecular weight excluding hydrogens is 325 g/mol. The number of ether oxygens (including phenoxy) is 1. The Hall–Kier alpha value is -2.01. The SMILES string of the molecule is COc1ccc(CN(C)C(=O)CSc2cc(C)ccc2C)cc1F. The molecule has 2 aromatic rings. The predicted octanol–water partition coefficient (Wildman–Crippen LogP) is 4.20. The Balaban J connectivity index is 1.94. The highest BCUT2D eigenvalue weighted by Gasteiger charge is 2.12. The van der Waals surface area contributed by atoms with Crippen molar-refractivity contribution in [1.29, 1.82) is 0 Å². The molecule has 0 radical (unpaired) electrons. The third kappa shape index (κ3) is 4.74. The third-order valence-electron chi connectivity index (χ3n) is 3.76. The zero-order chi connectivity index (χ0) is 17.7. The molecule has 0 saturated heterocycles. The van der Waals surface area contributed by atoms with Crippen LogP contribution in [0.2, 0.25) is 0 Å². The summed E-state index contributed by atoms with van der Waals surface area (Å²) in [7, 11) is 3.16. The summed E-state index contributed by atoms with van der Waals surface area (Å²) in [5.41, 5.74) is 3.08. The van der Waals surface area contributed by atoms with Crippen LogP contribution in [0.25, 0.3) is 0 Å². The molecule has 0 saturated carbocycles. The number of rotatable bonds is 6. The number of carbonyl (C=O) groups is 1. The van der Waals surface area contributed by atoms with E-state index in [1.807, 2.05) is 13.8 Å². The van der Waals surface area contributed by atoms with E-state index in [4.69, 9.17) is 4.74 Å². The maximum Gasteiger partial charge on any atom is 0.232 e. The van der Waals surface area contributed by atoms with Crippen molar-refractivity contribution in [2.45, 2.75) is 25.3 Å². The minimum Gasteiger partial charge on any atom is -0.494 e. The molecule has 0 aromatic heterocycles. The van der Waals surface area contributed by atoms with Crippen molar-refractivity contribution in [1.82, 2.24) is 4.90 Å². The van der Waals surface area contributed by atoms with Crippen molar-refractivity contribution in [3.05, 3.63) is 58.9 Å². The molecule has 0 aliphatic rings. The van der Waals surface area contributed by atoms with Gasteiger partial charge in [0.05, 0.1) is 12.9 Å². The molecule has 0 bridgehead atoms. The number of hydrogen-bond donors (Lipinski definition) is 0. The summed E-state index contributed by atoms with van der Waals surface area (Å²) in [5, 5.41) is 0. The fraction of sp³-hybridized carbons (Fsp3) is 0.316. The van der Waals surface area contributed by atoms with E-state index in [1.165, 1.54) is 36.1 Å². The maximum atomic E-state index is 13.7. The maximum absolute atomic E-state index is 13.7. The van der Waals surface area contributed by atoms with Crippen molar-refractivity contribution < 1.29 is 13.9 Å². The van der Waals surface area contributed by atoms with Crippen LogP contribution in [-0.2, 0) is 11.3 Å². The standard InChI is InChI=1S/C19H22FNO2S/c1-13-5-6-14(2)18(9-13)24-12-19(22)21(3)11-15-7-8-17(23-4)16(20)10-15/h5-10H,11-12H2,1-4H3. The van der Waals surface area contributed by atoms with Crippen molar-refractivity contribution >= 4 is 17.7 Å². The van der Waals surface area contributed by atoms with Gasteiger partial charge in [-0.2, -0.15) is 0 Å². The summed E-state index contributed by atoms with van der Waals surface area (Å²) in [5.74, 6) is 0.162. The van der Waals surface area contributed by atoms with Crippen molar-refractivity contribution in [3.63, 3.8) is 0 Å². The number of benzene rings is 2. The Bertz CT molecular complexity index is 733. The van der Waals surface area contributed by atoms with Gasteiger partial charge in [-0.3, -0.25) is 4.79 Å². The molecule has 3 nitrogen and oxygen atoms in total. The topological polar surface area (TPSA) is 29.5 Å². The highest BCUT2D eigenvalue weighted by atomic mass is 32.2. The Morgan fingerprint density at radius 1 is 1.21 bits per heavy atom. The molecule has 0 heterocycles. The Labute approximate surface area is 146 Å². The van der Waals surface area contributed by atoms with Crippen LogP contribution in [-0.4, -0.2) is 30.7 Å². The summed E-state index contributed by atoms with van der Waals surface area (Å²) in [6.45, 7) is 4.44. The van der Waals surface area contributed by atoms with E-state index in [0.717, 1.165) is 10.5 Å². The number of aryl methyl sites for hydroxylation is 2. The second-order valence-corrected chi connectivity index (χ2v) is 6.79. The zero-order valence-corrected chi connectivity index (χ0v) is 15.2. The van der Waals surface area contributed by atoms with Crippen LogP contribution in [0.1, 0.15) is 16.7 Å². The van der Waals surface area contributed by atoms with Crippen molar-refractivity contribution in [2.75, 3.05) is 19.9 Å². The van der Waals surface area contributed by atoms with Gasteiger partial charge in [0.2, 0.25) is 5.91 Å². The molecule has 5 heteroatoms. The van der Waals surface area contributed by atoms with E-state index in [9.17, 15) is 9.18 Å². The molecule has 0 spiro atoms. The normalized spacial score (nSPS) is 10.5. The Morgan fingerprint density at radius 2 is 1.96 bits per heavy atom. The lowest BCUT2D eigenvalue weighted by molar-refractivity contribution is -0.127. The van der Waals surface area contributed by atoms with Crippen molar-refractivity contribution in [2.24, 2.45) is 0 Å². The lowest BCUT2D eigenvalue weighted by Gasteiger charge is -2.18. The van der Waals surface area contributed by atoms with E-state index < -0.39 is 5.82 Å². The smallest absolute Gasteiger partial charge is 0.232 e. The molecule has 2 aromatic carbocycles. The highest BCUT2D eigenvalue weighted by molar-refractivity contribution is 8.00. The number of thioether (sulfide) groups is 1. The molecule has 0 atom stereocenters. The second kappa shape index (κ2) is 8.20. The fourth-order valence-corrected chi connectivity index (χ4v) is 3.35. The number of halogens is 1. The summed E-state index contributed by atoms with van der Waals surface area (Å²) in [4.78, 5) is 15.0. The number of nitrogens with zero attached hydrogens (tertiary/aromatic N) is 1. The van der Waals surface area contributed by atoms with Gasteiger partial charge in [-0.25, -0.2) is 4.39 Å². The highest BCUT2D eigenvalue weighted by Crippen LogP contribution is 2.24. The van der Waals surface area contributed by atoms with Crippen LogP contribution >= 0.6 is 11.8 Å². The van der Waals surface area contributed by atoms with Crippen LogP contribution in [0.4, 0.5) is 4.39 Å². The van der Waals surface area contributed by atoms with Gasteiger partial charge < -0.3 is 9.64 Å². The van der Waals surface area contributed by atoms with E-state index in [0.29, 0.717) is 12.3 Å². The van der Waals surface area contributed by atoms with E-state index in [1.54, 1.807) is 24.1 Å². The molecular formula is C19H22FNO2S. The minimum atomic E-state index is -0.416. The zero-order valence-electron chi connectivity index (χ0n) is 14.4. The van der Waals surface area contributed by atoms with Crippen LogP contribution in [0.3, 0.4) is 0 Å². The van der Waals surface area contributed by atoms with Gasteiger partial charge >= 0.3 is 0 Å². The first-order valence-electron chi connectivity index (χ1n) is 7.67. The first kappa shape index (κ1) is 18.3. The van der Waals surface area contributed by atoms with E-state index in [-0.39, 0.29) is 11.7 Å². The minimum absolute atomic E-state index is 0.0112. The summed E-state index contributed by atoms with van der Waals surface area (Å²) in [6, 6.07) is 11.0. The molecule has 0 unspecified atom stereocenters. The lowest BCUT2D eigenvalue weighted by atomic mass is 10.2. The quantitative estimate of drug-likeness (QED) is 0.734. The molecule has 0 aliphatic heterocycles. The summed E-state index contributed by atoms with van der Waals surface area (Å²) < 4.78 is 18.6. The van der Waals surface area contributed by atoms with Gasteiger partial charge in [0.15, 0.2) is 11.6 Å². The second-order valence-electron chi connectivity index (χ2n) is 5.78. The number of carbonyl (C=O) groups excluding carboxylic acids is 1. The Kier molecular flexibility index (Phi) is 6.26. The molecule has 1 amide bonds. The molecule has 0 fully saturated rings. The molecule has 24 heavy (non-hydrogen) atoms. The molecule has 2 rings (SSSR count). The third-order valence-corrected chi connectivity index (χ3v) is 4.90. The summed E-state index contributed by atoms with van der Waals surface area (Å²) in [6.07, 6.45) is 0. The Morgan fingerprint density at radius 3 is 2.62 bits per heavy atom. The predicted molar refractivity (Wildman–Crippen MR) is 96.1 cm³/mol. The molecule has 128 valence electrons. The van der Waals surface area contributed by atoms with E-state index >= 15 is 0 Å². The summed E-state index contributed by atoms with van der Waals surface area (Å²) >= 11 is 1.53. The van der Waals surface area contributed by atoms with Crippen LogP contribution in [0.5, 0.6) is 5.75 Å². The number of methoxy groups -OCH3 is 1. The van der Waals surface area contributed by atoms with Gasteiger partial charge in [0, 0.05) is 18.5 Å². The van der Waals surface area contributed by atoms with Gasteiger partial charge in [-0.1, -0.05) is 23.8 Å². The molecule has 0 aliphatic carbocycles. The number of hydrogen-bond acceptors (Lipinski definition) is 3. The van der Waals surface area contributed by atoms with Gasteiger partial charge in [0.25, 0.3) is 0 Å². The van der Waals surface area contributed by atoms with Crippen LogP contribution in [0.15, 0.2) is 41.3 Å². The largest absolute Gasteiger partial charge is 0.494 e. The van der Waals surface area contributed by atoms with E-state index in [2.05, 4.69) is 18.2 Å². The number of amides is 1. The first-order chi connectivity index (χ1) is 11.4. The monoisotopic (exact) mass is 347 g/mol. The van der Waals surface area contributed by atoms with Gasteiger partial charge in [-0.15, -0.1) is 11.8 Å². The van der Waals surface area contributed by atoms with Crippen LogP contribution < -0.4 is 4.74 Å². The van der Waals surface area contributed by atoms with Gasteiger partial charge in [0.1, 0.15) is 0 Å².